The van der Waals surface area contributed by atoms with Gasteiger partial charge in [0, 0.05) is 16.7 Å². The molecule has 0 aliphatic rings. The van der Waals surface area contributed by atoms with E-state index in [0.717, 1.165) is 23.9 Å². The predicted molar refractivity (Wildman–Crippen MR) is 75.8 cm³/mol. The third kappa shape index (κ3) is 3.68. The molecule has 0 saturated carbocycles. The molecule has 0 fully saturated rings. The monoisotopic (exact) mass is 331 g/mol. The van der Waals surface area contributed by atoms with Gasteiger partial charge in [-0.05, 0) is 30.3 Å². The molecule has 0 aliphatic heterocycles. The van der Waals surface area contributed by atoms with Gasteiger partial charge in [0.2, 0.25) is 0 Å². The van der Waals surface area contributed by atoms with Crippen molar-refractivity contribution in [3.63, 3.8) is 0 Å². The Labute approximate surface area is 127 Å². The van der Waals surface area contributed by atoms with Crippen LogP contribution in [0.25, 0.3) is 0 Å². The Hall–Kier alpha value is -1.73. The largest absolute Gasteiger partial charge is 0.416 e. The fraction of sp³-hybridized carbons (Fsp3) is 0.0769. The molecular weight excluding hydrogens is 323 g/mol. The van der Waals surface area contributed by atoms with Gasteiger partial charge in [0.05, 0.1) is 10.6 Å². The molecule has 8 heteroatoms. The zero-order valence-corrected chi connectivity index (χ0v) is 12.0. The summed E-state index contributed by atoms with van der Waals surface area (Å²) in [6, 6.07) is 6.31. The number of alkyl halides is 3. The van der Waals surface area contributed by atoms with Crippen molar-refractivity contribution in [1.29, 1.82) is 5.41 Å². The van der Waals surface area contributed by atoms with Crippen LogP contribution in [0.5, 0.6) is 0 Å². The minimum absolute atomic E-state index is 0.00320. The van der Waals surface area contributed by atoms with E-state index >= 15 is 0 Å². The maximum atomic E-state index is 12.7. The number of hydrogen-bond donors (Lipinski definition) is 2. The number of rotatable bonds is 3. The first-order valence-corrected chi connectivity index (χ1v) is 6.82. The van der Waals surface area contributed by atoms with E-state index in [-0.39, 0.29) is 5.56 Å². The van der Waals surface area contributed by atoms with E-state index in [2.05, 4.69) is 4.98 Å². The zero-order chi connectivity index (χ0) is 15.6. The van der Waals surface area contributed by atoms with Crippen molar-refractivity contribution >= 4 is 29.2 Å². The summed E-state index contributed by atoms with van der Waals surface area (Å²) in [5.41, 5.74) is 4.51. The summed E-state index contributed by atoms with van der Waals surface area (Å²) in [6.45, 7) is 0. The number of nitrogen functional groups attached to an aromatic ring is 1. The van der Waals surface area contributed by atoms with Gasteiger partial charge in [0.25, 0.3) is 0 Å². The molecule has 0 saturated heterocycles. The average molecular weight is 332 g/mol. The highest BCUT2D eigenvalue weighted by atomic mass is 35.5. The van der Waals surface area contributed by atoms with E-state index in [1.54, 1.807) is 12.1 Å². The van der Waals surface area contributed by atoms with Gasteiger partial charge >= 0.3 is 6.18 Å². The van der Waals surface area contributed by atoms with E-state index in [9.17, 15) is 13.2 Å². The molecule has 1 heterocycles. The number of nitrogens with zero attached hydrogens (tertiary/aromatic N) is 1. The smallest absolute Gasteiger partial charge is 0.384 e. The van der Waals surface area contributed by atoms with E-state index in [0.29, 0.717) is 14.9 Å². The van der Waals surface area contributed by atoms with Crippen LogP contribution >= 0.6 is 23.4 Å². The molecule has 110 valence electrons. The van der Waals surface area contributed by atoms with Gasteiger partial charge < -0.3 is 5.73 Å². The number of aromatic nitrogens is 1. The molecule has 1 aromatic heterocycles. The molecular formula is C13H9ClF3N3S. The summed E-state index contributed by atoms with van der Waals surface area (Å²) in [7, 11) is 0. The van der Waals surface area contributed by atoms with Gasteiger partial charge in [-0.2, -0.15) is 13.2 Å². The summed E-state index contributed by atoms with van der Waals surface area (Å²) in [6.07, 6.45) is -2.97. The highest BCUT2D eigenvalue weighted by Crippen LogP contribution is 2.36. The van der Waals surface area contributed by atoms with Gasteiger partial charge in [0.1, 0.15) is 10.9 Å². The molecule has 0 spiro atoms. The zero-order valence-electron chi connectivity index (χ0n) is 10.4. The first-order valence-electron chi connectivity index (χ1n) is 5.63. The molecule has 0 unspecified atom stereocenters. The van der Waals surface area contributed by atoms with Crippen molar-refractivity contribution in [1.82, 2.24) is 4.98 Å². The van der Waals surface area contributed by atoms with Gasteiger partial charge in [0.15, 0.2) is 0 Å². The van der Waals surface area contributed by atoms with Crippen molar-refractivity contribution in [2.75, 3.05) is 0 Å². The molecule has 0 aliphatic carbocycles. The van der Waals surface area contributed by atoms with Crippen LogP contribution in [-0.4, -0.2) is 10.8 Å². The van der Waals surface area contributed by atoms with Crippen molar-refractivity contribution in [2.24, 2.45) is 5.73 Å². The third-order valence-electron chi connectivity index (χ3n) is 2.53. The van der Waals surface area contributed by atoms with E-state index < -0.39 is 17.6 Å². The second-order valence-electron chi connectivity index (χ2n) is 4.01. The quantitative estimate of drug-likeness (QED) is 0.655. The highest BCUT2D eigenvalue weighted by molar-refractivity contribution is 7.99. The summed E-state index contributed by atoms with van der Waals surface area (Å²) in [5.74, 6) is -0.448. The fourth-order valence-electron chi connectivity index (χ4n) is 1.56. The van der Waals surface area contributed by atoms with Crippen LogP contribution in [0.1, 0.15) is 11.1 Å². The lowest BCUT2D eigenvalue weighted by Crippen LogP contribution is -2.15. The Bertz CT molecular complexity index is 689. The van der Waals surface area contributed by atoms with Crippen LogP contribution in [0, 0.1) is 5.41 Å². The summed E-state index contributed by atoms with van der Waals surface area (Å²) < 4.78 is 38.1. The Balaban J connectivity index is 2.45. The van der Waals surface area contributed by atoms with Gasteiger partial charge in [-0.3, -0.25) is 5.41 Å². The maximum Gasteiger partial charge on any atom is 0.416 e. The topological polar surface area (TPSA) is 62.8 Å². The van der Waals surface area contributed by atoms with Crippen LogP contribution < -0.4 is 5.73 Å². The number of amidine groups is 1. The van der Waals surface area contributed by atoms with Crippen molar-refractivity contribution in [2.45, 2.75) is 16.1 Å². The summed E-state index contributed by atoms with van der Waals surface area (Å²) >= 11 is 7.02. The van der Waals surface area contributed by atoms with Crippen LogP contribution in [0.15, 0.2) is 46.5 Å². The number of nitrogens with two attached hydrogens (primary N) is 1. The molecule has 0 atom stereocenters. The summed E-state index contributed by atoms with van der Waals surface area (Å²) in [5, 5.41) is 8.24. The van der Waals surface area contributed by atoms with Crippen LogP contribution in [0.2, 0.25) is 5.02 Å². The normalized spacial score (nSPS) is 11.4. The van der Waals surface area contributed by atoms with Crippen molar-refractivity contribution in [3.8, 4) is 0 Å². The van der Waals surface area contributed by atoms with Crippen molar-refractivity contribution in [3.05, 3.63) is 52.7 Å². The SMILES string of the molecule is N=C(N)c1cc(C(F)(F)F)ccc1Sc1ncccc1Cl. The van der Waals surface area contributed by atoms with E-state index in [1.165, 1.54) is 12.3 Å². The Morgan fingerprint density at radius 1 is 1.29 bits per heavy atom. The van der Waals surface area contributed by atoms with Gasteiger partial charge in [-0.25, -0.2) is 4.98 Å². The first kappa shape index (κ1) is 15.7. The van der Waals surface area contributed by atoms with Crippen LogP contribution in [0.3, 0.4) is 0 Å². The molecule has 3 nitrogen and oxygen atoms in total. The molecule has 3 N–H and O–H groups in total. The molecule has 1 aromatic carbocycles. The number of benzene rings is 1. The molecule has 0 radical (unpaired) electrons. The lowest BCUT2D eigenvalue weighted by Gasteiger charge is -2.12. The van der Waals surface area contributed by atoms with Crippen LogP contribution in [0.4, 0.5) is 13.2 Å². The molecule has 2 aromatic rings. The predicted octanol–water partition coefficient (Wildman–Crippen LogP) is 4.19. The molecule has 0 bridgehead atoms. The van der Waals surface area contributed by atoms with E-state index in [1.807, 2.05) is 0 Å². The Morgan fingerprint density at radius 3 is 2.57 bits per heavy atom. The Morgan fingerprint density at radius 2 is 2.00 bits per heavy atom. The number of hydrogen-bond acceptors (Lipinski definition) is 3. The standard InChI is InChI=1S/C13H9ClF3N3S/c14-9-2-1-5-20-12(9)21-10-4-3-7(13(15,16)17)6-8(10)11(18)19/h1-6H,(H3,18,19). The number of nitrogens with one attached hydrogen (secondary N) is 1. The second-order valence-corrected chi connectivity index (χ2v) is 5.45. The van der Waals surface area contributed by atoms with Gasteiger partial charge in [-0.1, -0.05) is 23.4 Å². The van der Waals surface area contributed by atoms with Gasteiger partial charge in [-0.15, -0.1) is 0 Å². The van der Waals surface area contributed by atoms with Crippen LogP contribution in [-0.2, 0) is 6.18 Å². The molecule has 2 rings (SSSR count). The molecule has 21 heavy (non-hydrogen) atoms. The fourth-order valence-corrected chi connectivity index (χ4v) is 2.70. The first-order chi connectivity index (χ1) is 9.79. The lowest BCUT2D eigenvalue weighted by atomic mass is 10.1. The Kier molecular flexibility index (Phi) is 4.43. The second kappa shape index (κ2) is 5.95. The maximum absolute atomic E-state index is 12.7. The molecule has 0 amide bonds. The number of halogens is 4. The lowest BCUT2D eigenvalue weighted by molar-refractivity contribution is -0.137. The minimum Gasteiger partial charge on any atom is -0.384 e. The average Bonchev–Trinajstić information content (AvgIpc) is 2.40. The van der Waals surface area contributed by atoms with Crippen molar-refractivity contribution < 1.29 is 13.2 Å². The third-order valence-corrected chi connectivity index (χ3v) is 4.04. The highest BCUT2D eigenvalue weighted by Gasteiger charge is 2.31. The minimum atomic E-state index is -4.49. The van der Waals surface area contributed by atoms with E-state index in [4.69, 9.17) is 22.7 Å². The number of pyridine rings is 1. The summed E-state index contributed by atoms with van der Waals surface area (Å²) in [4.78, 5) is 4.43.